The number of benzene rings is 2. The lowest BCUT2D eigenvalue weighted by molar-refractivity contribution is 0.901. The van der Waals surface area contributed by atoms with E-state index in [1.165, 1.54) is 22.0 Å². The van der Waals surface area contributed by atoms with Gasteiger partial charge in [0, 0.05) is 35.8 Å². The number of nitrogens with two attached hydrogens (primary N) is 1. The summed E-state index contributed by atoms with van der Waals surface area (Å²) in [6.07, 6.45) is 2.21. The molecule has 0 saturated heterocycles. The van der Waals surface area contributed by atoms with E-state index in [1.54, 1.807) is 0 Å². The van der Waals surface area contributed by atoms with Crippen molar-refractivity contribution in [1.82, 2.24) is 4.57 Å². The molecule has 0 saturated carbocycles. The van der Waals surface area contributed by atoms with E-state index in [1.807, 2.05) is 18.2 Å². The first kappa shape index (κ1) is 11.8. The first-order chi connectivity index (χ1) is 9.18. The first-order valence-corrected chi connectivity index (χ1v) is 6.57. The van der Waals surface area contributed by atoms with Crippen LogP contribution in [-0.2, 0) is 7.05 Å². The summed E-state index contributed by atoms with van der Waals surface area (Å²) < 4.78 is 2.18. The lowest BCUT2D eigenvalue weighted by Gasteiger charge is -2.13. The van der Waals surface area contributed by atoms with E-state index in [0.29, 0.717) is 5.92 Å². The molecule has 1 aromatic heterocycles. The van der Waals surface area contributed by atoms with E-state index >= 15 is 0 Å². The summed E-state index contributed by atoms with van der Waals surface area (Å²) in [5.41, 5.74) is 10.8. The van der Waals surface area contributed by atoms with Crippen LogP contribution >= 0.6 is 0 Å². The molecule has 0 bridgehead atoms. The van der Waals surface area contributed by atoms with Crippen LogP contribution < -0.4 is 5.73 Å². The number of aryl methyl sites for hydroxylation is 1. The molecule has 0 aliphatic heterocycles. The highest BCUT2D eigenvalue weighted by Gasteiger charge is 2.16. The molecule has 2 N–H and O–H groups in total. The third-order valence-corrected chi connectivity index (χ3v) is 3.86. The molecule has 1 unspecified atom stereocenters. The van der Waals surface area contributed by atoms with Gasteiger partial charge in [0.15, 0.2) is 0 Å². The minimum absolute atomic E-state index is 0.298. The smallest absolute Gasteiger partial charge is 0.0480 e. The van der Waals surface area contributed by atoms with Gasteiger partial charge >= 0.3 is 0 Å². The second-order valence-corrected chi connectivity index (χ2v) is 5.06. The van der Waals surface area contributed by atoms with Gasteiger partial charge in [-0.05, 0) is 23.3 Å². The minimum Gasteiger partial charge on any atom is -0.398 e. The zero-order valence-corrected chi connectivity index (χ0v) is 11.3. The van der Waals surface area contributed by atoms with E-state index in [-0.39, 0.29) is 0 Å². The summed E-state index contributed by atoms with van der Waals surface area (Å²) in [6, 6.07) is 16.6. The first-order valence-electron chi connectivity index (χ1n) is 6.57. The summed E-state index contributed by atoms with van der Waals surface area (Å²) >= 11 is 0. The van der Waals surface area contributed by atoms with Gasteiger partial charge in [-0.2, -0.15) is 0 Å². The van der Waals surface area contributed by atoms with Gasteiger partial charge in [-0.1, -0.05) is 43.3 Å². The standard InChI is InChI=1S/C17H18N2/c1-12(13-7-3-5-9-16(13)18)15-11-19(2)17-10-6-4-8-14(15)17/h3-12H,18H2,1-2H3. The summed E-state index contributed by atoms with van der Waals surface area (Å²) in [7, 11) is 2.09. The molecular weight excluding hydrogens is 232 g/mol. The van der Waals surface area contributed by atoms with Crippen molar-refractivity contribution in [2.45, 2.75) is 12.8 Å². The van der Waals surface area contributed by atoms with Crippen molar-refractivity contribution in [1.29, 1.82) is 0 Å². The molecule has 1 atom stereocenters. The van der Waals surface area contributed by atoms with Gasteiger partial charge in [0.05, 0.1) is 0 Å². The Balaban J connectivity index is 2.17. The fourth-order valence-electron chi connectivity index (χ4n) is 2.79. The Kier molecular flexibility index (Phi) is 2.79. The Morgan fingerprint density at radius 3 is 2.42 bits per heavy atom. The predicted molar refractivity (Wildman–Crippen MR) is 81.3 cm³/mol. The van der Waals surface area contributed by atoms with Crippen molar-refractivity contribution in [3.05, 3.63) is 65.9 Å². The highest BCUT2D eigenvalue weighted by atomic mass is 14.9. The molecule has 2 aromatic carbocycles. The van der Waals surface area contributed by atoms with E-state index in [0.717, 1.165) is 5.69 Å². The molecule has 0 fully saturated rings. The average molecular weight is 250 g/mol. The number of nitrogens with zero attached hydrogens (tertiary/aromatic N) is 1. The van der Waals surface area contributed by atoms with Crippen LogP contribution in [-0.4, -0.2) is 4.57 Å². The van der Waals surface area contributed by atoms with Crippen molar-refractivity contribution >= 4 is 16.6 Å². The molecule has 0 spiro atoms. The molecule has 2 heteroatoms. The van der Waals surface area contributed by atoms with Crippen LogP contribution in [0.1, 0.15) is 24.0 Å². The predicted octanol–water partition coefficient (Wildman–Crippen LogP) is 3.91. The van der Waals surface area contributed by atoms with Crippen LogP contribution in [0.25, 0.3) is 10.9 Å². The lowest BCUT2D eigenvalue weighted by atomic mass is 9.92. The lowest BCUT2D eigenvalue weighted by Crippen LogP contribution is -2.00. The third kappa shape index (κ3) is 1.89. The normalized spacial score (nSPS) is 12.7. The SMILES string of the molecule is CC(c1ccccc1N)c1cn(C)c2ccccc12. The Morgan fingerprint density at radius 2 is 1.63 bits per heavy atom. The van der Waals surface area contributed by atoms with Crippen molar-refractivity contribution in [3.63, 3.8) is 0 Å². The zero-order chi connectivity index (χ0) is 13.4. The van der Waals surface area contributed by atoms with Crippen LogP contribution in [0.3, 0.4) is 0 Å². The highest BCUT2D eigenvalue weighted by Crippen LogP contribution is 2.33. The van der Waals surface area contributed by atoms with Gasteiger partial charge in [-0.15, -0.1) is 0 Å². The fourth-order valence-corrected chi connectivity index (χ4v) is 2.79. The number of hydrogen-bond donors (Lipinski definition) is 1. The molecule has 0 radical (unpaired) electrons. The van der Waals surface area contributed by atoms with E-state index < -0.39 is 0 Å². The van der Waals surface area contributed by atoms with E-state index in [4.69, 9.17) is 5.73 Å². The summed E-state index contributed by atoms with van der Waals surface area (Å²) in [6.45, 7) is 2.22. The van der Waals surface area contributed by atoms with E-state index in [2.05, 4.69) is 55.1 Å². The van der Waals surface area contributed by atoms with Gasteiger partial charge in [0.1, 0.15) is 0 Å². The Labute approximate surface area is 113 Å². The molecule has 0 amide bonds. The quantitative estimate of drug-likeness (QED) is 0.687. The number of rotatable bonds is 2. The van der Waals surface area contributed by atoms with Gasteiger partial charge in [0.25, 0.3) is 0 Å². The van der Waals surface area contributed by atoms with Crippen molar-refractivity contribution < 1.29 is 0 Å². The van der Waals surface area contributed by atoms with Gasteiger partial charge in [-0.25, -0.2) is 0 Å². The molecule has 0 aliphatic rings. The number of aromatic nitrogens is 1. The molecule has 19 heavy (non-hydrogen) atoms. The second-order valence-electron chi connectivity index (χ2n) is 5.06. The van der Waals surface area contributed by atoms with Crippen molar-refractivity contribution in [3.8, 4) is 0 Å². The van der Waals surface area contributed by atoms with Crippen LogP contribution in [0.4, 0.5) is 5.69 Å². The zero-order valence-electron chi connectivity index (χ0n) is 11.3. The largest absolute Gasteiger partial charge is 0.398 e. The summed E-state index contributed by atoms with van der Waals surface area (Å²) in [5.74, 6) is 0.298. The number of nitrogen functional groups attached to an aromatic ring is 1. The monoisotopic (exact) mass is 250 g/mol. The van der Waals surface area contributed by atoms with Gasteiger partial charge in [-0.3, -0.25) is 0 Å². The number of hydrogen-bond acceptors (Lipinski definition) is 1. The van der Waals surface area contributed by atoms with Crippen LogP contribution in [0.2, 0.25) is 0 Å². The molecular formula is C17H18N2. The Bertz CT molecular complexity index is 725. The maximum atomic E-state index is 6.10. The van der Waals surface area contributed by atoms with Crippen molar-refractivity contribution in [2.75, 3.05) is 5.73 Å². The third-order valence-electron chi connectivity index (χ3n) is 3.86. The van der Waals surface area contributed by atoms with Gasteiger partial charge < -0.3 is 10.3 Å². The average Bonchev–Trinajstić information content (AvgIpc) is 2.77. The second kappa shape index (κ2) is 4.47. The number of para-hydroxylation sites is 2. The van der Waals surface area contributed by atoms with Crippen LogP contribution in [0.15, 0.2) is 54.7 Å². The van der Waals surface area contributed by atoms with Crippen LogP contribution in [0, 0.1) is 0 Å². The highest BCUT2D eigenvalue weighted by molar-refractivity contribution is 5.85. The molecule has 1 heterocycles. The Hall–Kier alpha value is -2.22. The summed E-state index contributed by atoms with van der Waals surface area (Å²) in [5, 5.41) is 1.31. The Morgan fingerprint density at radius 1 is 0.947 bits per heavy atom. The number of anilines is 1. The summed E-state index contributed by atoms with van der Waals surface area (Å²) in [4.78, 5) is 0. The minimum atomic E-state index is 0.298. The van der Waals surface area contributed by atoms with Gasteiger partial charge in [0.2, 0.25) is 0 Å². The molecule has 3 rings (SSSR count). The fraction of sp³-hybridized carbons (Fsp3) is 0.176. The van der Waals surface area contributed by atoms with Crippen LogP contribution in [0.5, 0.6) is 0 Å². The van der Waals surface area contributed by atoms with E-state index in [9.17, 15) is 0 Å². The molecule has 0 aliphatic carbocycles. The number of fused-ring (bicyclic) bond motifs is 1. The molecule has 96 valence electrons. The van der Waals surface area contributed by atoms with Crippen molar-refractivity contribution in [2.24, 2.45) is 7.05 Å². The topological polar surface area (TPSA) is 30.9 Å². The molecule has 2 nitrogen and oxygen atoms in total. The maximum Gasteiger partial charge on any atom is 0.0480 e. The maximum absolute atomic E-state index is 6.10. The molecule has 3 aromatic rings.